The summed E-state index contributed by atoms with van der Waals surface area (Å²) in [5.41, 5.74) is 6.17. The van der Waals surface area contributed by atoms with Crippen molar-refractivity contribution in [3.8, 4) is 45.3 Å². The van der Waals surface area contributed by atoms with E-state index >= 15 is 0 Å². The third-order valence-electron chi connectivity index (χ3n) is 5.33. The van der Waals surface area contributed by atoms with Crippen LogP contribution in [0.5, 0.6) is 0 Å². The van der Waals surface area contributed by atoms with Crippen molar-refractivity contribution in [3.05, 3.63) is 114 Å². The predicted octanol–water partition coefficient (Wildman–Crippen LogP) is 7.50. The van der Waals surface area contributed by atoms with Crippen molar-refractivity contribution in [2.45, 2.75) is 6.92 Å². The van der Waals surface area contributed by atoms with Gasteiger partial charge in [0.1, 0.15) is 0 Å². The van der Waals surface area contributed by atoms with Crippen molar-refractivity contribution >= 4 is 11.6 Å². The standard InChI is InChI=1S/C28H20ClN3/c1-19-15-16-24(29)18-25(19)22-13-8-14-23(17-22)28-31-26(20-9-4-2-5-10-20)30-27(32-28)21-11-6-3-7-12-21/h2-18H,1H3. The van der Waals surface area contributed by atoms with Crippen LogP contribution in [0.15, 0.2) is 103 Å². The molecule has 1 aromatic heterocycles. The van der Waals surface area contributed by atoms with Crippen LogP contribution in [0.3, 0.4) is 0 Å². The van der Waals surface area contributed by atoms with E-state index in [0.717, 1.165) is 33.4 Å². The van der Waals surface area contributed by atoms with E-state index in [9.17, 15) is 0 Å². The van der Waals surface area contributed by atoms with Gasteiger partial charge in [-0.25, -0.2) is 15.0 Å². The van der Waals surface area contributed by atoms with Crippen LogP contribution >= 0.6 is 11.6 Å². The second kappa shape index (κ2) is 8.74. The summed E-state index contributed by atoms with van der Waals surface area (Å²) in [6, 6.07) is 34.2. The monoisotopic (exact) mass is 433 g/mol. The van der Waals surface area contributed by atoms with Crippen LogP contribution in [-0.2, 0) is 0 Å². The minimum absolute atomic E-state index is 0.638. The molecule has 0 N–H and O–H groups in total. The smallest absolute Gasteiger partial charge is 0.164 e. The first-order chi connectivity index (χ1) is 15.7. The summed E-state index contributed by atoms with van der Waals surface area (Å²) in [6.45, 7) is 2.09. The van der Waals surface area contributed by atoms with Crippen LogP contribution in [-0.4, -0.2) is 15.0 Å². The lowest BCUT2D eigenvalue weighted by Crippen LogP contribution is -2.00. The van der Waals surface area contributed by atoms with Gasteiger partial charge >= 0.3 is 0 Å². The molecule has 32 heavy (non-hydrogen) atoms. The molecule has 4 aromatic carbocycles. The number of nitrogens with zero attached hydrogens (tertiary/aromatic N) is 3. The van der Waals surface area contributed by atoms with Crippen molar-refractivity contribution < 1.29 is 0 Å². The van der Waals surface area contributed by atoms with Crippen LogP contribution in [0.4, 0.5) is 0 Å². The second-order valence-corrected chi connectivity index (χ2v) is 8.01. The molecule has 0 bridgehead atoms. The largest absolute Gasteiger partial charge is 0.208 e. The van der Waals surface area contributed by atoms with Crippen molar-refractivity contribution in [1.29, 1.82) is 0 Å². The summed E-state index contributed by atoms with van der Waals surface area (Å²) in [4.78, 5) is 14.4. The lowest BCUT2D eigenvalue weighted by molar-refractivity contribution is 1.07. The van der Waals surface area contributed by atoms with Crippen LogP contribution in [0.2, 0.25) is 5.02 Å². The molecule has 154 valence electrons. The van der Waals surface area contributed by atoms with Crippen molar-refractivity contribution in [2.24, 2.45) is 0 Å². The fourth-order valence-electron chi connectivity index (χ4n) is 3.67. The highest BCUT2D eigenvalue weighted by Gasteiger charge is 2.13. The van der Waals surface area contributed by atoms with Crippen LogP contribution < -0.4 is 0 Å². The van der Waals surface area contributed by atoms with Crippen molar-refractivity contribution in [1.82, 2.24) is 15.0 Å². The van der Waals surface area contributed by atoms with Gasteiger partial charge in [0.15, 0.2) is 17.5 Å². The fourth-order valence-corrected chi connectivity index (χ4v) is 3.84. The Bertz CT molecular complexity index is 1330. The number of aryl methyl sites for hydroxylation is 1. The van der Waals surface area contributed by atoms with Gasteiger partial charge in [-0.3, -0.25) is 0 Å². The molecule has 0 saturated carbocycles. The first kappa shape index (κ1) is 20.1. The van der Waals surface area contributed by atoms with Gasteiger partial charge < -0.3 is 0 Å². The van der Waals surface area contributed by atoms with E-state index in [1.165, 1.54) is 0 Å². The zero-order valence-corrected chi connectivity index (χ0v) is 18.3. The van der Waals surface area contributed by atoms with E-state index in [0.29, 0.717) is 22.5 Å². The second-order valence-electron chi connectivity index (χ2n) is 7.58. The number of benzene rings is 4. The highest BCUT2D eigenvalue weighted by molar-refractivity contribution is 6.30. The van der Waals surface area contributed by atoms with E-state index in [1.54, 1.807) is 0 Å². The topological polar surface area (TPSA) is 38.7 Å². The zero-order valence-electron chi connectivity index (χ0n) is 17.5. The Morgan fingerprint density at radius 3 is 1.59 bits per heavy atom. The number of rotatable bonds is 4. The van der Waals surface area contributed by atoms with Crippen molar-refractivity contribution in [3.63, 3.8) is 0 Å². The predicted molar refractivity (Wildman–Crippen MR) is 131 cm³/mol. The Morgan fingerprint density at radius 1 is 0.500 bits per heavy atom. The number of aromatic nitrogens is 3. The summed E-state index contributed by atoms with van der Waals surface area (Å²) in [5, 5.41) is 0.717. The van der Waals surface area contributed by atoms with Crippen LogP contribution in [0.1, 0.15) is 5.56 Å². The Morgan fingerprint density at radius 2 is 1.00 bits per heavy atom. The molecule has 4 heteroatoms. The van der Waals surface area contributed by atoms with Gasteiger partial charge in [0, 0.05) is 21.7 Å². The van der Waals surface area contributed by atoms with Gasteiger partial charge in [0.25, 0.3) is 0 Å². The third kappa shape index (κ3) is 4.16. The zero-order chi connectivity index (χ0) is 21.9. The normalized spacial score (nSPS) is 10.8. The molecule has 0 fully saturated rings. The van der Waals surface area contributed by atoms with Gasteiger partial charge in [-0.15, -0.1) is 0 Å². The molecular weight excluding hydrogens is 414 g/mol. The number of halogens is 1. The Kier molecular flexibility index (Phi) is 5.49. The van der Waals surface area contributed by atoms with Crippen LogP contribution in [0, 0.1) is 6.92 Å². The number of hydrogen-bond acceptors (Lipinski definition) is 3. The molecule has 0 saturated heterocycles. The van der Waals surface area contributed by atoms with E-state index in [-0.39, 0.29) is 0 Å². The molecule has 0 aliphatic heterocycles. The van der Waals surface area contributed by atoms with Crippen molar-refractivity contribution in [2.75, 3.05) is 0 Å². The highest BCUT2D eigenvalue weighted by atomic mass is 35.5. The lowest BCUT2D eigenvalue weighted by atomic mass is 9.98. The molecule has 0 radical (unpaired) electrons. The molecule has 3 nitrogen and oxygen atoms in total. The summed E-state index contributed by atoms with van der Waals surface area (Å²) in [5.74, 6) is 1.94. The van der Waals surface area contributed by atoms with Gasteiger partial charge in [-0.2, -0.15) is 0 Å². The Balaban J connectivity index is 1.67. The number of hydrogen-bond donors (Lipinski definition) is 0. The molecule has 5 rings (SSSR count). The average Bonchev–Trinajstić information content (AvgIpc) is 2.86. The van der Waals surface area contributed by atoms with Gasteiger partial charge in [0.2, 0.25) is 0 Å². The summed E-state index contributed by atoms with van der Waals surface area (Å²) in [7, 11) is 0. The van der Waals surface area contributed by atoms with Gasteiger partial charge in [0.05, 0.1) is 0 Å². The van der Waals surface area contributed by atoms with Crippen LogP contribution in [0.25, 0.3) is 45.3 Å². The quantitative estimate of drug-likeness (QED) is 0.294. The third-order valence-corrected chi connectivity index (χ3v) is 5.57. The summed E-state index contributed by atoms with van der Waals surface area (Å²) < 4.78 is 0. The molecule has 0 amide bonds. The lowest BCUT2D eigenvalue weighted by Gasteiger charge is -2.11. The first-order valence-corrected chi connectivity index (χ1v) is 10.8. The van der Waals surface area contributed by atoms with Gasteiger partial charge in [-0.1, -0.05) is 96.5 Å². The fraction of sp³-hybridized carbons (Fsp3) is 0.0357. The van der Waals surface area contributed by atoms with E-state index < -0.39 is 0 Å². The minimum Gasteiger partial charge on any atom is -0.208 e. The maximum absolute atomic E-state index is 6.27. The molecule has 0 spiro atoms. The average molecular weight is 434 g/mol. The molecule has 0 unspecified atom stereocenters. The molecule has 1 heterocycles. The molecular formula is C28H20ClN3. The maximum atomic E-state index is 6.27. The Hall–Kier alpha value is -3.82. The van der Waals surface area contributed by atoms with E-state index in [2.05, 4.69) is 19.1 Å². The summed E-state index contributed by atoms with van der Waals surface area (Å²) >= 11 is 6.27. The molecule has 0 atom stereocenters. The van der Waals surface area contributed by atoms with E-state index in [1.807, 2.05) is 91.0 Å². The van der Waals surface area contributed by atoms with E-state index in [4.69, 9.17) is 26.6 Å². The first-order valence-electron chi connectivity index (χ1n) is 10.4. The maximum Gasteiger partial charge on any atom is 0.164 e. The minimum atomic E-state index is 0.638. The molecule has 0 aliphatic carbocycles. The Labute approximate surface area is 192 Å². The summed E-state index contributed by atoms with van der Waals surface area (Å²) in [6.07, 6.45) is 0. The highest BCUT2D eigenvalue weighted by Crippen LogP contribution is 2.30. The SMILES string of the molecule is Cc1ccc(Cl)cc1-c1cccc(-c2nc(-c3ccccc3)nc(-c3ccccc3)n2)c1. The molecule has 0 aliphatic rings. The molecule has 5 aromatic rings. The van der Waals surface area contributed by atoms with Gasteiger partial charge in [-0.05, 0) is 41.8 Å².